The van der Waals surface area contributed by atoms with Crippen molar-refractivity contribution in [2.45, 2.75) is 32.7 Å². The number of hydrogen-bond acceptors (Lipinski definition) is 3. The maximum Gasteiger partial charge on any atom is 0.323 e. The molecule has 0 bridgehead atoms. The third kappa shape index (κ3) is 3.89. The molecule has 28 heavy (non-hydrogen) atoms. The lowest BCUT2D eigenvalue weighted by Gasteiger charge is -2.31. The van der Waals surface area contributed by atoms with E-state index in [1.54, 1.807) is 4.68 Å². The summed E-state index contributed by atoms with van der Waals surface area (Å²) in [5.74, 6) is 0.544. The summed E-state index contributed by atoms with van der Waals surface area (Å²) in [4.78, 5) is 14.5. The Bertz CT molecular complexity index is 969. The summed E-state index contributed by atoms with van der Waals surface area (Å²) in [5, 5.41) is 12.5. The van der Waals surface area contributed by atoms with E-state index in [0.717, 1.165) is 29.8 Å². The number of hydrogen-bond donors (Lipinski definition) is 1. The molecule has 4 rings (SSSR count). The highest BCUT2D eigenvalue weighted by atomic mass is 35.5. The first-order chi connectivity index (χ1) is 13.5. The molecule has 1 saturated heterocycles. The normalized spacial score (nSPS) is 15.0. The van der Waals surface area contributed by atoms with Gasteiger partial charge in [-0.25, -0.2) is 9.48 Å². The predicted octanol–water partition coefficient (Wildman–Crippen LogP) is 4.21. The molecule has 0 aliphatic carbocycles. The Hall–Kier alpha value is -2.80. The third-order valence-electron chi connectivity index (χ3n) is 5.05. The molecule has 3 heterocycles. The number of nitrogens with zero attached hydrogens (tertiary/aromatic N) is 5. The number of piperidine rings is 1. The van der Waals surface area contributed by atoms with Gasteiger partial charge < -0.3 is 4.90 Å². The van der Waals surface area contributed by atoms with Crippen LogP contribution in [-0.2, 0) is 0 Å². The van der Waals surface area contributed by atoms with Crippen LogP contribution in [0.25, 0.3) is 5.69 Å². The minimum atomic E-state index is -0.115. The Balaban J connectivity index is 1.38. The standard InChI is InChI=1S/C20H23ClN6O/c1-14-12-22-26(13-14)17-7-9-25(10-8-17)20(28)23-19-11-15(2)27(24-19)18-5-3-16(21)4-6-18/h3-6,11-13,17H,7-10H2,1-2H3,(H,23,24,28). The Morgan fingerprint density at radius 2 is 1.89 bits per heavy atom. The first kappa shape index (κ1) is 18.6. The van der Waals surface area contributed by atoms with Gasteiger partial charge in [-0.2, -0.15) is 5.10 Å². The first-order valence-electron chi connectivity index (χ1n) is 9.39. The largest absolute Gasteiger partial charge is 0.324 e. The predicted molar refractivity (Wildman–Crippen MR) is 109 cm³/mol. The van der Waals surface area contributed by atoms with Gasteiger partial charge in [0.15, 0.2) is 5.82 Å². The molecule has 7 nitrogen and oxygen atoms in total. The Labute approximate surface area is 168 Å². The van der Waals surface area contributed by atoms with Gasteiger partial charge in [-0.15, -0.1) is 5.10 Å². The highest BCUT2D eigenvalue weighted by molar-refractivity contribution is 6.30. The van der Waals surface area contributed by atoms with Crippen molar-refractivity contribution >= 4 is 23.4 Å². The molecule has 1 aliphatic heterocycles. The zero-order valence-electron chi connectivity index (χ0n) is 16.0. The summed E-state index contributed by atoms with van der Waals surface area (Å²) in [6.07, 6.45) is 5.73. The van der Waals surface area contributed by atoms with Gasteiger partial charge in [0.1, 0.15) is 0 Å². The van der Waals surface area contributed by atoms with Gasteiger partial charge in [-0.3, -0.25) is 10.00 Å². The number of amides is 2. The number of carbonyl (C=O) groups is 1. The number of anilines is 1. The zero-order chi connectivity index (χ0) is 19.7. The van der Waals surface area contributed by atoms with E-state index in [1.165, 1.54) is 0 Å². The lowest BCUT2D eigenvalue weighted by molar-refractivity contribution is 0.180. The lowest BCUT2D eigenvalue weighted by Crippen LogP contribution is -2.41. The van der Waals surface area contributed by atoms with Gasteiger partial charge in [0.25, 0.3) is 0 Å². The molecule has 2 amide bonds. The molecule has 8 heteroatoms. The summed E-state index contributed by atoms with van der Waals surface area (Å²) in [7, 11) is 0. The van der Waals surface area contributed by atoms with Crippen LogP contribution in [0.15, 0.2) is 42.7 Å². The fourth-order valence-electron chi connectivity index (χ4n) is 3.53. The second-order valence-electron chi connectivity index (χ2n) is 7.21. The molecule has 0 atom stereocenters. The molecule has 0 unspecified atom stereocenters. The quantitative estimate of drug-likeness (QED) is 0.718. The molecule has 146 valence electrons. The van der Waals surface area contributed by atoms with Gasteiger partial charge in [0.2, 0.25) is 0 Å². The number of urea groups is 1. The van der Waals surface area contributed by atoms with Gasteiger partial charge in [-0.05, 0) is 56.5 Å². The van der Waals surface area contributed by atoms with E-state index in [-0.39, 0.29) is 6.03 Å². The molecular weight excluding hydrogens is 376 g/mol. The summed E-state index contributed by atoms with van der Waals surface area (Å²) < 4.78 is 3.81. The van der Waals surface area contributed by atoms with Crippen LogP contribution in [0.2, 0.25) is 5.02 Å². The van der Waals surface area contributed by atoms with Gasteiger partial charge in [-0.1, -0.05) is 11.6 Å². The number of carbonyl (C=O) groups excluding carboxylic acids is 1. The van der Waals surface area contributed by atoms with E-state index >= 15 is 0 Å². The van der Waals surface area contributed by atoms with Crippen LogP contribution in [0, 0.1) is 13.8 Å². The molecule has 0 radical (unpaired) electrons. The molecule has 2 aromatic heterocycles. The van der Waals surface area contributed by atoms with Crippen LogP contribution in [0.1, 0.15) is 30.1 Å². The molecule has 0 saturated carbocycles. The van der Waals surface area contributed by atoms with Crippen LogP contribution in [0.4, 0.5) is 10.6 Å². The zero-order valence-corrected chi connectivity index (χ0v) is 16.7. The molecule has 1 aliphatic rings. The van der Waals surface area contributed by atoms with Crippen molar-refractivity contribution in [1.29, 1.82) is 0 Å². The van der Waals surface area contributed by atoms with Gasteiger partial charge >= 0.3 is 6.03 Å². The van der Waals surface area contributed by atoms with Crippen molar-refractivity contribution in [2.24, 2.45) is 0 Å². The minimum absolute atomic E-state index is 0.115. The van der Waals surface area contributed by atoms with Crippen molar-refractivity contribution in [2.75, 3.05) is 18.4 Å². The summed E-state index contributed by atoms with van der Waals surface area (Å²) >= 11 is 5.95. The second-order valence-corrected chi connectivity index (χ2v) is 7.64. The van der Waals surface area contributed by atoms with Crippen molar-refractivity contribution in [3.05, 3.63) is 59.0 Å². The maximum absolute atomic E-state index is 12.6. The van der Waals surface area contributed by atoms with Crippen LogP contribution < -0.4 is 5.32 Å². The average molecular weight is 399 g/mol. The molecule has 1 fully saturated rings. The Morgan fingerprint density at radius 3 is 2.54 bits per heavy atom. The molecule has 1 aromatic carbocycles. The van der Waals surface area contributed by atoms with Crippen molar-refractivity contribution in [3.63, 3.8) is 0 Å². The monoisotopic (exact) mass is 398 g/mol. The topological polar surface area (TPSA) is 68.0 Å². The SMILES string of the molecule is Cc1cnn(C2CCN(C(=O)Nc3cc(C)n(-c4ccc(Cl)cc4)n3)CC2)c1. The fraction of sp³-hybridized carbons (Fsp3) is 0.350. The summed E-state index contributed by atoms with van der Waals surface area (Å²) in [6.45, 7) is 5.39. The van der Waals surface area contributed by atoms with Crippen molar-refractivity contribution in [3.8, 4) is 5.69 Å². The minimum Gasteiger partial charge on any atom is -0.324 e. The van der Waals surface area contributed by atoms with Gasteiger partial charge in [0, 0.05) is 36.1 Å². The average Bonchev–Trinajstić information content (AvgIpc) is 3.28. The number of aryl methyl sites for hydroxylation is 2. The second kappa shape index (κ2) is 7.67. The first-order valence-corrected chi connectivity index (χ1v) is 9.77. The van der Waals surface area contributed by atoms with E-state index < -0.39 is 0 Å². The van der Waals surface area contributed by atoms with E-state index in [9.17, 15) is 4.79 Å². The van der Waals surface area contributed by atoms with Crippen molar-refractivity contribution in [1.82, 2.24) is 24.5 Å². The van der Waals surface area contributed by atoms with Crippen molar-refractivity contribution < 1.29 is 4.79 Å². The molecule has 1 N–H and O–H groups in total. The molecule has 0 spiro atoms. The Kier molecular flexibility index (Phi) is 5.09. The van der Waals surface area contributed by atoms with E-state index in [0.29, 0.717) is 30.0 Å². The summed E-state index contributed by atoms with van der Waals surface area (Å²) in [6, 6.07) is 9.54. The van der Waals surface area contributed by atoms with Crippen LogP contribution in [0.5, 0.6) is 0 Å². The van der Waals surface area contributed by atoms with E-state index in [2.05, 4.69) is 21.7 Å². The maximum atomic E-state index is 12.6. The smallest absolute Gasteiger partial charge is 0.323 e. The highest BCUT2D eigenvalue weighted by Gasteiger charge is 2.24. The molecule has 3 aromatic rings. The van der Waals surface area contributed by atoms with Crippen LogP contribution in [0.3, 0.4) is 0 Å². The lowest BCUT2D eigenvalue weighted by atomic mass is 10.1. The third-order valence-corrected chi connectivity index (χ3v) is 5.30. The van der Waals surface area contributed by atoms with Crippen LogP contribution >= 0.6 is 11.6 Å². The Morgan fingerprint density at radius 1 is 1.18 bits per heavy atom. The number of aromatic nitrogens is 4. The van der Waals surface area contributed by atoms with E-state index in [1.807, 2.05) is 60.0 Å². The van der Waals surface area contributed by atoms with E-state index in [4.69, 9.17) is 11.6 Å². The number of rotatable bonds is 3. The molecular formula is C20H23ClN6O. The number of halogens is 1. The fourth-order valence-corrected chi connectivity index (χ4v) is 3.66. The summed E-state index contributed by atoms with van der Waals surface area (Å²) in [5.41, 5.74) is 3.00. The highest BCUT2D eigenvalue weighted by Crippen LogP contribution is 2.23. The number of benzene rings is 1. The van der Waals surface area contributed by atoms with Crippen LogP contribution in [-0.4, -0.2) is 43.6 Å². The van der Waals surface area contributed by atoms with Gasteiger partial charge in [0.05, 0.1) is 17.9 Å². The number of nitrogens with one attached hydrogen (secondary N) is 1. The number of likely N-dealkylation sites (tertiary alicyclic amines) is 1.